The Morgan fingerprint density at radius 3 is 2.87 bits per heavy atom. The Hall–Kier alpha value is -2.75. The van der Waals surface area contributed by atoms with Gasteiger partial charge in [0, 0.05) is 36.6 Å². The lowest BCUT2D eigenvalue weighted by Crippen LogP contribution is -2.35. The molecule has 4 atom stereocenters. The molecule has 0 bridgehead atoms. The summed E-state index contributed by atoms with van der Waals surface area (Å²) in [6.45, 7) is 2.83. The zero-order valence-corrected chi connectivity index (χ0v) is 17.0. The van der Waals surface area contributed by atoms with E-state index < -0.39 is 30.2 Å². The van der Waals surface area contributed by atoms with Gasteiger partial charge in [0.2, 0.25) is 0 Å². The summed E-state index contributed by atoms with van der Waals surface area (Å²) in [6.07, 6.45) is 0.338. The van der Waals surface area contributed by atoms with Crippen LogP contribution in [-0.4, -0.2) is 44.6 Å². The van der Waals surface area contributed by atoms with Gasteiger partial charge in [0.05, 0.1) is 11.4 Å². The van der Waals surface area contributed by atoms with Crippen molar-refractivity contribution < 1.29 is 23.7 Å². The van der Waals surface area contributed by atoms with Gasteiger partial charge in [0.1, 0.15) is 35.5 Å². The van der Waals surface area contributed by atoms with E-state index in [0.717, 1.165) is 5.56 Å². The van der Waals surface area contributed by atoms with Crippen LogP contribution in [0.1, 0.15) is 29.2 Å². The standard InChI is InChI=1S/C22H24F2N4O3/c1-10-6-16(12-8-26-4-2-11(12)19(10)24)31-17-7-15(20(29)21(17)30)28-9-13(23)18-14(25)3-5-27-22(18)28/h3,5-6,9,15,17,20-21,26,29-30H,2,4,7-8H2,1H3,(H2,25,27). The maximum Gasteiger partial charge on any atom is 0.152 e. The Bertz CT molecular complexity index is 1170. The fraction of sp³-hybridized carbons (Fsp3) is 0.409. The van der Waals surface area contributed by atoms with Gasteiger partial charge in [-0.1, -0.05) is 0 Å². The molecule has 1 aromatic carbocycles. The second kappa shape index (κ2) is 7.44. The van der Waals surface area contributed by atoms with Crippen LogP contribution in [0.25, 0.3) is 11.0 Å². The predicted octanol–water partition coefficient (Wildman–Crippen LogP) is 1.97. The number of halogens is 2. The molecule has 1 aliphatic carbocycles. The lowest BCUT2D eigenvalue weighted by molar-refractivity contribution is -0.0167. The van der Waals surface area contributed by atoms with Gasteiger partial charge < -0.3 is 30.6 Å². The molecule has 1 aliphatic heterocycles. The molecule has 0 radical (unpaired) electrons. The molecule has 5 N–H and O–H groups in total. The second-order valence-electron chi connectivity index (χ2n) is 8.31. The minimum absolute atomic E-state index is 0.183. The van der Waals surface area contributed by atoms with E-state index >= 15 is 0 Å². The molecule has 3 aromatic rings. The first-order valence-electron chi connectivity index (χ1n) is 10.3. The lowest BCUT2D eigenvalue weighted by atomic mass is 9.96. The average Bonchev–Trinajstić information content (AvgIpc) is 3.24. The summed E-state index contributed by atoms with van der Waals surface area (Å²) in [4.78, 5) is 4.21. The number of benzene rings is 1. The van der Waals surface area contributed by atoms with Crippen molar-refractivity contribution in [3.8, 4) is 5.75 Å². The van der Waals surface area contributed by atoms with E-state index in [4.69, 9.17) is 10.5 Å². The van der Waals surface area contributed by atoms with Crippen LogP contribution in [0.3, 0.4) is 0 Å². The Balaban J connectivity index is 1.48. The molecule has 1 fully saturated rings. The first kappa shape index (κ1) is 20.2. The Kier molecular flexibility index (Phi) is 4.84. The summed E-state index contributed by atoms with van der Waals surface area (Å²) in [5.74, 6) is -0.281. The van der Waals surface area contributed by atoms with Crippen LogP contribution in [0.2, 0.25) is 0 Å². The molecule has 164 valence electrons. The first-order chi connectivity index (χ1) is 14.9. The lowest BCUT2D eigenvalue weighted by Gasteiger charge is -2.25. The monoisotopic (exact) mass is 430 g/mol. The third-order valence-corrected chi connectivity index (χ3v) is 6.41. The number of anilines is 1. The van der Waals surface area contributed by atoms with Crippen molar-refractivity contribution in [2.75, 3.05) is 12.3 Å². The number of hydrogen-bond acceptors (Lipinski definition) is 6. The van der Waals surface area contributed by atoms with Crippen LogP contribution in [0, 0.1) is 18.6 Å². The quantitative estimate of drug-likeness (QED) is 0.506. The smallest absolute Gasteiger partial charge is 0.152 e. The highest BCUT2D eigenvalue weighted by Crippen LogP contribution is 2.39. The van der Waals surface area contributed by atoms with Crippen molar-refractivity contribution in [3.63, 3.8) is 0 Å². The molecule has 1 saturated carbocycles. The third kappa shape index (κ3) is 3.15. The predicted molar refractivity (Wildman–Crippen MR) is 111 cm³/mol. The van der Waals surface area contributed by atoms with E-state index in [1.54, 1.807) is 13.0 Å². The Labute approximate surface area is 177 Å². The molecule has 0 amide bonds. The van der Waals surface area contributed by atoms with Crippen LogP contribution in [0.15, 0.2) is 24.5 Å². The van der Waals surface area contributed by atoms with E-state index in [1.165, 1.54) is 23.0 Å². The van der Waals surface area contributed by atoms with Crippen molar-refractivity contribution in [2.24, 2.45) is 0 Å². The van der Waals surface area contributed by atoms with Crippen LogP contribution in [0.5, 0.6) is 5.75 Å². The average molecular weight is 430 g/mol. The summed E-state index contributed by atoms with van der Waals surface area (Å²) in [5, 5.41) is 24.8. The van der Waals surface area contributed by atoms with Crippen molar-refractivity contribution in [2.45, 2.75) is 50.7 Å². The molecule has 7 nitrogen and oxygen atoms in total. The van der Waals surface area contributed by atoms with E-state index in [0.29, 0.717) is 42.0 Å². The van der Waals surface area contributed by atoms with Gasteiger partial charge in [-0.15, -0.1) is 0 Å². The molecule has 31 heavy (non-hydrogen) atoms. The number of nitrogens with two attached hydrogens (primary N) is 1. The minimum atomic E-state index is -1.20. The van der Waals surface area contributed by atoms with Crippen molar-refractivity contribution >= 4 is 16.7 Å². The number of nitrogen functional groups attached to an aromatic ring is 1. The zero-order chi connectivity index (χ0) is 21.9. The summed E-state index contributed by atoms with van der Waals surface area (Å²) >= 11 is 0. The molecule has 0 spiro atoms. The van der Waals surface area contributed by atoms with Gasteiger partial charge in [0.15, 0.2) is 5.82 Å². The largest absolute Gasteiger partial charge is 0.487 e. The Morgan fingerprint density at radius 1 is 1.26 bits per heavy atom. The number of aromatic nitrogens is 2. The summed E-state index contributed by atoms with van der Waals surface area (Å²) in [5.41, 5.74) is 8.26. The number of nitrogens with zero attached hydrogens (tertiary/aromatic N) is 2. The highest BCUT2D eigenvalue weighted by molar-refractivity contribution is 5.89. The maximum absolute atomic E-state index is 14.6. The van der Waals surface area contributed by atoms with Crippen molar-refractivity contribution in [1.29, 1.82) is 0 Å². The maximum atomic E-state index is 14.6. The fourth-order valence-electron chi connectivity index (χ4n) is 4.78. The number of hydrogen-bond donors (Lipinski definition) is 4. The van der Waals surface area contributed by atoms with E-state index in [-0.39, 0.29) is 23.3 Å². The summed E-state index contributed by atoms with van der Waals surface area (Å²) in [6, 6.07) is 2.48. The number of fused-ring (bicyclic) bond motifs is 2. The summed E-state index contributed by atoms with van der Waals surface area (Å²) in [7, 11) is 0. The van der Waals surface area contributed by atoms with Crippen molar-refractivity contribution in [3.05, 3.63) is 52.9 Å². The number of aliphatic hydroxyl groups is 2. The molecule has 2 aromatic heterocycles. The zero-order valence-electron chi connectivity index (χ0n) is 17.0. The first-order valence-corrected chi connectivity index (χ1v) is 10.3. The number of aryl methyl sites for hydroxylation is 1. The number of nitrogens with one attached hydrogen (secondary N) is 1. The number of ether oxygens (including phenoxy) is 1. The molecule has 4 unspecified atom stereocenters. The summed E-state index contributed by atoms with van der Waals surface area (Å²) < 4.78 is 36.7. The van der Waals surface area contributed by atoms with Gasteiger partial charge in [-0.2, -0.15) is 0 Å². The van der Waals surface area contributed by atoms with Gasteiger partial charge in [0.25, 0.3) is 0 Å². The number of aliphatic hydroxyl groups excluding tert-OH is 2. The van der Waals surface area contributed by atoms with Gasteiger partial charge in [-0.3, -0.25) is 0 Å². The van der Waals surface area contributed by atoms with Crippen LogP contribution in [0.4, 0.5) is 14.5 Å². The normalized spacial score (nSPS) is 25.7. The fourth-order valence-corrected chi connectivity index (χ4v) is 4.78. The second-order valence-corrected chi connectivity index (χ2v) is 8.31. The van der Waals surface area contributed by atoms with Crippen LogP contribution >= 0.6 is 0 Å². The topological polar surface area (TPSA) is 106 Å². The van der Waals surface area contributed by atoms with Gasteiger partial charge in [-0.05, 0) is 43.1 Å². The molecular weight excluding hydrogens is 406 g/mol. The molecule has 2 aliphatic rings. The highest BCUT2D eigenvalue weighted by atomic mass is 19.1. The molecule has 5 rings (SSSR count). The van der Waals surface area contributed by atoms with Crippen molar-refractivity contribution in [1.82, 2.24) is 14.9 Å². The van der Waals surface area contributed by atoms with Gasteiger partial charge >= 0.3 is 0 Å². The minimum Gasteiger partial charge on any atom is -0.487 e. The third-order valence-electron chi connectivity index (χ3n) is 6.41. The Morgan fingerprint density at radius 2 is 2.06 bits per heavy atom. The van der Waals surface area contributed by atoms with E-state index in [1.807, 2.05) is 0 Å². The van der Waals surface area contributed by atoms with Gasteiger partial charge in [-0.25, -0.2) is 13.8 Å². The molecule has 0 saturated heterocycles. The molecule has 9 heteroatoms. The molecular formula is C22H24F2N4O3. The van der Waals surface area contributed by atoms with Crippen LogP contribution < -0.4 is 15.8 Å². The van der Waals surface area contributed by atoms with Crippen LogP contribution in [-0.2, 0) is 13.0 Å². The van der Waals surface area contributed by atoms with E-state index in [9.17, 15) is 19.0 Å². The molecule has 3 heterocycles. The van der Waals surface area contributed by atoms with E-state index in [2.05, 4.69) is 10.3 Å². The number of rotatable bonds is 3. The SMILES string of the molecule is Cc1cc(OC2CC(n3cc(F)c4c(N)ccnc43)C(O)C2O)c2c(c1F)CCNC2. The number of pyridine rings is 1. The highest BCUT2D eigenvalue weighted by Gasteiger charge is 2.45.